The Hall–Kier alpha value is -2.11. The zero-order chi connectivity index (χ0) is 58.5. The number of allylic oxidation sites excluding steroid dienone is 4. The van der Waals surface area contributed by atoms with Crippen molar-refractivity contribution in [2.24, 2.45) is 0 Å². The summed E-state index contributed by atoms with van der Waals surface area (Å²) >= 11 is 0. The van der Waals surface area contributed by atoms with Crippen LogP contribution in [0.5, 0.6) is 0 Å². The minimum Gasteiger partial charge on any atom is -0.462 e. The molecule has 0 aromatic rings. The summed E-state index contributed by atoms with van der Waals surface area (Å²) < 4.78 is 17.0. The van der Waals surface area contributed by atoms with Gasteiger partial charge in [-0.05, 0) is 51.4 Å². The van der Waals surface area contributed by atoms with Gasteiger partial charge >= 0.3 is 17.9 Å². The molecule has 0 saturated heterocycles. The zero-order valence-electron chi connectivity index (χ0n) is 55.1. The lowest BCUT2D eigenvalue weighted by Gasteiger charge is -2.18. The highest BCUT2D eigenvalue weighted by atomic mass is 16.6. The Balaban J connectivity index is 4.26. The first kappa shape index (κ1) is 78.9. The number of rotatable bonds is 69. The molecular formula is C75H142O6. The van der Waals surface area contributed by atoms with Gasteiger partial charge in [0.15, 0.2) is 6.10 Å². The summed E-state index contributed by atoms with van der Waals surface area (Å²) in [5.41, 5.74) is 0. The molecule has 0 saturated carbocycles. The Labute approximate surface area is 506 Å². The fourth-order valence-electron chi connectivity index (χ4n) is 11.4. The van der Waals surface area contributed by atoms with Crippen LogP contribution in [-0.4, -0.2) is 37.2 Å². The predicted octanol–water partition coefficient (Wildman–Crippen LogP) is 25.3. The fraction of sp³-hybridized carbons (Fsp3) is 0.907. The number of ether oxygens (including phenoxy) is 3. The minimum absolute atomic E-state index is 0.0690. The minimum atomic E-state index is -0.775. The van der Waals surface area contributed by atoms with Crippen LogP contribution >= 0.6 is 0 Å². The molecule has 81 heavy (non-hydrogen) atoms. The summed E-state index contributed by atoms with van der Waals surface area (Å²) in [6.45, 7) is 6.71. The van der Waals surface area contributed by atoms with Gasteiger partial charge < -0.3 is 14.2 Å². The van der Waals surface area contributed by atoms with E-state index in [2.05, 4.69) is 45.1 Å². The van der Waals surface area contributed by atoms with Gasteiger partial charge in [0.1, 0.15) is 13.2 Å². The topological polar surface area (TPSA) is 78.9 Å². The summed E-state index contributed by atoms with van der Waals surface area (Å²) in [5.74, 6) is -0.847. The maximum absolute atomic E-state index is 13.0. The highest BCUT2D eigenvalue weighted by molar-refractivity contribution is 5.71. The van der Waals surface area contributed by atoms with Crippen LogP contribution in [0.1, 0.15) is 419 Å². The van der Waals surface area contributed by atoms with Gasteiger partial charge in [0.25, 0.3) is 0 Å². The van der Waals surface area contributed by atoms with Crippen LogP contribution in [-0.2, 0) is 28.6 Å². The normalized spacial score (nSPS) is 12.1. The van der Waals surface area contributed by atoms with Gasteiger partial charge in [-0.2, -0.15) is 0 Å². The van der Waals surface area contributed by atoms with E-state index in [1.165, 1.54) is 302 Å². The maximum atomic E-state index is 13.0. The molecule has 1 atom stereocenters. The monoisotopic (exact) mass is 1140 g/mol. The quantitative estimate of drug-likeness (QED) is 0.0261. The molecule has 0 amide bonds. The van der Waals surface area contributed by atoms with E-state index < -0.39 is 6.10 Å². The Morgan fingerprint density at radius 1 is 0.247 bits per heavy atom. The van der Waals surface area contributed by atoms with E-state index in [0.29, 0.717) is 19.3 Å². The van der Waals surface area contributed by atoms with Crippen molar-refractivity contribution >= 4 is 17.9 Å². The third kappa shape index (κ3) is 68.6. The average Bonchev–Trinajstić information content (AvgIpc) is 3.47. The van der Waals surface area contributed by atoms with E-state index in [1.54, 1.807) is 0 Å². The van der Waals surface area contributed by atoms with E-state index in [-0.39, 0.29) is 31.1 Å². The third-order valence-corrected chi connectivity index (χ3v) is 17.0. The molecule has 0 rings (SSSR count). The Bertz CT molecular complexity index is 1310. The second-order valence-corrected chi connectivity index (χ2v) is 25.2. The predicted molar refractivity (Wildman–Crippen MR) is 353 cm³/mol. The van der Waals surface area contributed by atoms with Crippen LogP contribution in [0.15, 0.2) is 24.3 Å². The Morgan fingerprint density at radius 3 is 0.691 bits per heavy atom. The van der Waals surface area contributed by atoms with Crippen molar-refractivity contribution in [2.45, 2.75) is 425 Å². The van der Waals surface area contributed by atoms with Crippen molar-refractivity contribution in [1.82, 2.24) is 0 Å². The molecule has 0 aromatic heterocycles. The largest absolute Gasteiger partial charge is 0.462 e. The zero-order valence-corrected chi connectivity index (χ0v) is 55.1. The standard InChI is InChI=1S/C75H142O6/c1-4-7-10-13-16-19-22-25-28-31-33-35-37-38-39-41-42-44-47-50-53-56-59-62-65-68-74(77)80-71-72(70-79-73(76)67-64-61-58-55-52-49-46-30-27-24-21-18-15-12-9-6-3)81-75(78)69-66-63-60-57-54-51-48-45-43-40-36-34-32-29-26-23-20-17-14-11-8-5-2/h21,24,30,46,72H,4-20,22-23,25-29,31-45,47-71H2,1-3H3/b24-21-,46-30-. The molecule has 0 N–H and O–H groups in total. The van der Waals surface area contributed by atoms with Gasteiger partial charge in [-0.3, -0.25) is 14.4 Å². The van der Waals surface area contributed by atoms with E-state index in [1.807, 2.05) is 0 Å². The Kier molecular flexibility index (Phi) is 68.5. The fourth-order valence-corrected chi connectivity index (χ4v) is 11.4. The number of unbranched alkanes of at least 4 members (excludes halogenated alkanes) is 54. The van der Waals surface area contributed by atoms with Crippen molar-refractivity contribution in [3.63, 3.8) is 0 Å². The molecule has 0 spiro atoms. The van der Waals surface area contributed by atoms with Gasteiger partial charge in [-0.25, -0.2) is 0 Å². The van der Waals surface area contributed by atoms with Crippen LogP contribution in [0.2, 0.25) is 0 Å². The molecular weight excluding hydrogens is 997 g/mol. The van der Waals surface area contributed by atoms with Crippen molar-refractivity contribution in [1.29, 1.82) is 0 Å². The van der Waals surface area contributed by atoms with Crippen LogP contribution < -0.4 is 0 Å². The Morgan fingerprint density at radius 2 is 0.444 bits per heavy atom. The van der Waals surface area contributed by atoms with Crippen molar-refractivity contribution in [2.75, 3.05) is 13.2 Å². The molecule has 0 heterocycles. The third-order valence-electron chi connectivity index (χ3n) is 17.0. The lowest BCUT2D eigenvalue weighted by atomic mass is 10.0. The van der Waals surface area contributed by atoms with Crippen molar-refractivity contribution in [3.05, 3.63) is 24.3 Å². The smallest absolute Gasteiger partial charge is 0.306 e. The molecule has 0 aliphatic heterocycles. The number of hydrogen-bond acceptors (Lipinski definition) is 6. The van der Waals surface area contributed by atoms with E-state index >= 15 is 0 Å². The van der Waals surface area contributed by atoms with Gasteiger partial charge in [0.05, 0.1) is 0 Å². The molecule has 0 aromatic carbocycles. The van der Waals surface area contributed by atoms with Crippen molar-refractivity contribution < 1.29 is 28.6 Å². The second kappa shape index (κ2) is 70.4. The maximum Gasteiger partial charge on any atom is 0.306 e. The van der Waals surface area contributed by atoms with Gasteiger partial charge in [-0.15, -0.1) is 0 Å². The number of carbonyl (C=O) groups is 3. The average molecular weight is 1140 g/mol. The molecule has 6 nitrogen and oxygen atoms in total. The molecule has 0 aliphatic rings. The van der Waals surface area contributed by atoms with Crippen LogP contribution in [0.25, 0.3) is 0 Å². The van der Waals surface area contributed by atoms with Crippen LogP contribution in [0.3, 0.4) is 0 Å². The first-order chi connectivity index (χ1) is 40.0. The molecule has 1 unspecified atom stereocenters. The molecule has 0 aliphatic carbocycles. The SMILES string of the molecule is CCCCCC/C=C\C/C=C\CCCCCCCC(=O)OCC(COC(=O)CCCCCCCCCCCCCCCCCCCCCCCCCCC)OC(=O)CCCCCCCCCCCCCCCCCCCCCCCC. The van der Waals surface area contributed by atoms with Gasteiger partial charge in [0, 0.05) is 19.3 Å². The molecule has 0 bridgehead atoms. The lowest BCUT2D eigenvalue weighted by molar-refractivity contribution is -0.167. The summed E-state index contributed by atoms with van der Waals surface area (Å²) in [4.78, 5) is 38.5. The van der Waals surface area contributed by atoms with Crippen LogP contribution in [0, 0.1) is 0 Å². The molecule has 478 valence electrons. The summed E-state index contributed by atoms with van der Waals surface area (Å²) in [5, 5.41) is 0. The number of carbonyl (C=O) groups excluding carboxylic acids is 3. The highest BCUT2D eigenvalue weighted by Gasteiger charge is 2.20. The molecule has 6 heteroatoms. The summed E-state index contributed by atoms with van der Waals surface area (Å²) in [7, 11) is 0. The van der Waals surface area contributed by atoms with E-state index in [4.69, 9.17) is 14.2 Å². The van der Waals surface area contributed by atoms with Crippen LogP contribution in [0.4, 0.5) is 0 Å². The van der Waals surface area contributed by atoms with Gasteiger partial charge in [-0.1, -0.05) is 373 Å². The lowest BCUT2D eigenvalue weighted by Crippen LogP contribution is -2.30. The highest BCUT2D eigenvalue weighted by Crippen LogP contribution is 2.19. The van der Waals surface area contributed by atoms with Gasteiger partial charge in [0.2, 0.25) is 0 Å². The molecule has 0 fully saturated rings. The van der Waals surface area contributed by atoms with Crippen molar-refractivity contribution in [3.8, 4) is 0 Å². The number of hydrogen-bond donors (Lipinski definition) is 0. The summed E-state index contributed by atoms with van der Waals surface area (Å²) in [6, 6.07) is 0. The first-order valence-electron chi connectivity index (χ1n) is 36.8. The molecule has 0 radical (unpaired) electrons. The summed E-state index contributed by atoms with van der Waals surface area (Å²) in [6.07, 6.45) is 86.5. The second-order valence-electron chi connectivity index (χ2n) is 25.2. The van der Waals surface area contributed by atoms with E-state index in [0.717, 1.165) is 77.0 Å². The number of esters is 3. The van der Waals surface area contributed by atoms with E-state index in [9.17, 15) is 14.4 Å². The first-order valence-corrected chi connectivity index (χ1v) is 36.8.